The lowest BCUT2D eigenvalue weighted by atomic mass is 9.82. The van der Waals surface area contributed by atoms with Gasteiger partial charge in [0.1, 0.15) is 0 Å². The van der Waals surface area contributed by atoms with Crippen molar-refractivity contribution in [2.24, 2.45) is 0 Å². The summed E-state index contributed by atoms with van der Waals surface area (Å²) in [5.41, 5.74) is 0.800. The Morgan fingerprint density at radius 1 is 1.00 bits per heavy atom. The Labute approximate surface area is 173 Å². The molecule has 3 fully saturated rings. The van der Waals surface area contributed by atoms with E-state index >= 15 is 0 Å². The second-order valence-corrected chi connectivity index (χ2v) is 9.11. The van der Waals surface area contributed by atoms with Gasteiger partial charge in [-0.15, -0.1) is 0 Å². The number of rotatable bonds is 4. The highest BCUT2D eigenvalue weighted by atomic mass is 16.3. The van der Waals surface area contributed by atoms with E-state index in [4.69, 9.17) is 0 Å². The van der Waals surface area contributed by atoms with Gasteiger partial charge in [0.2, 0.25) is 5.91 Å². The largest absolute Gasteiger partial charge is 0.389 e. The zero-order valence-corrected chi connectivity index (χ0v) is 17.3. The standard InChI is InChI=1S/C23H33N3O3/c27-21(15-23(29)10-2-1-3-11-23)26-14-6-7-19(17-26)20-9-8-18(16-24-20)22(28)25-12-4-5-13-25/h8-9,16,19,29H,1-7,10-15,17H2. The molecule has 1 aliphatic carbocycles. The third-order valence-corrected chi connectivity index (χ3v) is 6.88. The Bertz CT molecular complexity index is 721. The van der Waals surface area contributed by atoms with E-state index in [1.807, 2.05) is 21.9 Å². The topological polar surface area (TPSA) is 73.7 Å². The van der Waals surface area contributed by atoms with Crippen molar-refractivity contribution in [2.75, 3.05) is 26.2 Å². The van der Waals surface area contributed by atoms with Gasteiger partial charge in [0.25, 0.3) is 5.91 Å². The molecule has 4 rings (SSSR count). The molecule has 1 N–H and O–H groups in total. The molecule has 29 heavy (non-hydrogen) atoms. The predicted molar refractivity (Wildman–Crippen MR) is 111 cm³/mol. The fraction of sp³-hybridized carbons (Fsp3) is 0.696. The van der Waals surface area contributed by atoms with Gasteiger partial charge in [-0.1, -0.05) is 19.3 Å². The summed E-state index contributed by atoms with van der Waals surface area (Å²) in [5.74, 6) is 0.340. The lowest BCUT2D eigenvalue weighted by molar-refractivity contribution is -0.139. The minimum Gasteiger partial charge on any atom is -0.389 e. The molecule has 1 atom stereocenters. The van der Waals surface area contributed by atoms with Crippen LogP contribution in [0.15, 0.2) is 18.3 Å². The normalized spacial score (nSPS) is 24.5. The number of nitrogens with zero attached hydrogens (tertiary/aromatic N) is 3. The zero-order chi connectivity index (χ0) is 20.3. The van der Waals surface area contributed by atoms with Crippen LogP contribution in [0.1, 0.15) is 86.2 Å². The molecule has 0 spiro atoms. The molecule has 1 aromatic rings. The van der Waals surface area contributed by atoms with Crippen LogP contribution in [-0.4, -0.2) is 63.5 Å². The molecule has 1 unspecified atom stereocenters. The third kappa shape index (κ3) is 4.80. The summed E-state index contributed by atoms with van der Waals surface area (Å²) >= 11 is 0. The maximum absolute atomic E-state index is 12.8. The van der Waals surface area contributed by atoms with Crippen LogP contribution >= 0.6 is 0 Å². The fourth-order valence-electron chi connectivity index (χ4n) is 5.10. The van der Waals surface area contributed by atoms with Gasteiger partial charge in [-0.3, -0.25) is 14.6 Å². The molecule has 2 amide bonds. The van der Waals surface area contributed by atoms with Crippen molar-refractivity contribution in [1.29, 1.82) is 0 Å². The van der Waals surface area contributed by atoms with Crippen molar-refractivity contribution in [1.82, 2.24) is 14.8 Å². The van der Waals surface area contributed by atoms with Crippen molar-refractivity contribution >= 4 is 11.8 Å². The van der Waals surface area contributed by atoms with Gasteiger partial charge in [0.15, 0.2) is 0 Å². The van der Waals surface area contributed by atoms with E-state index in [0.29, 0.717) is 12.1 Å². The highest BCUT2D eigenvalue weighted by molar-refractivity contribution is 5.94. The average molecular weight is 400 g/mol. The quantitative estimate of drug-likeness (QED) is 0.844. The number of likely N-dealkylation sites (tertiary alicyclic amines) is 2. The van der Waals surface area contributed by atoms with E-state index in [9.17, 15) is 14.7 Å². The molecule has 158 valence electrons. The maximum Gasteiger partial charge on any atom is 0.255 e. The van der Waals surface area contributed by atoms with Crippen LogP contribution in [0.2, 0.25) is 0 Å². The minimum atomic E-state index is -0.807. The molecule has 0 bridgehead atoms. The van der Waals surface area contributed by atoms with Crippen LogP contribution in [0.4, 0.5) is 0 Å². The lowest BCUT2D eigenvalue weighted by Gasteiger charge is -2.37. The molecule has 1 aromatic heterocycles. The van der Waals surface area contributed by atoms with E-state index < -0.39 is 5.60 Å². The van der Waals surface area contributed by atoms with Crippen LogP contribution in [0, 0.1) is 0 Å². The van der Waals surface area contributed by atoms with Crippen LogP contribution in [0.3, 0.4) is 0 Å². The van der Waals surface area contributed by atoms with Crippen molar-refractivity contribution in [3.05, 3.63) is 29.6 Å². The summed E-state index contributed by atoms with van der Waals surface area (Å²) in [6, 6.07) is 3.84. The van der Waals surface area contributed by atoms with Crippen molar-refractivity contribution < 1.29 is 14.7 Å². The molecule has 0 radical (unpaired) electrons. The van der Waals surface area contributed by atoms with Gasteiger partial charge < -0.3 is 14.9 Å². The number of hydrogen-bond acceptors (Lipinski definition) is 4. The number of aliphatic hydroxyl groups is 1. The summed E-state index contributed by atoms with van der Waals surface area (Å²) in [4.78, 5) is 33.7. The number of pyridine rings is 1. The smallest absolute Gasteiger partial charge is 0.255 e. The predicted octanol–water partition coefficient (Wildman–Crippen LogP) is 3.11. The van der Waals surface area contributed by atoms with Gasteiger partial charge in [0, 0.05) is 44.0 Å². The number of carbonyl (C=O) groups excluding carboxylic acids is 2. The number of piperidine rings is 1. The van der Waals surface area contributed by atoms with Gasteiger partial charge >= 0.3 is 0 Å². The van der Waals surface area contributed by atoms with Gasteiger partial charge in [-0.05, 0) is 50.7 Å². The van der Waals surface area contributed by atoms with E-state index in [1.165, 1.54) is 0 Å². The first-order chi connectivity index (χ1) is 14.0. The Morgan fingerprint density at radius 2 is 1.72 bits per heavy atom. The third-order valence-electron chi connectivity index (χ3n) is 6.88. The Hall–Kier alpha value is -1.95. The molecule has 2 saturated heterocycles. The number of amides is 2. The van der Waals surface area contributed by atoms with Crippen molar-refractivity contribution in [3.63, 3.8) is 0 Å². The molecular formula is C23H33N3O3. The molecule has 2 aliphatic heterocycles. The monoisotopic (exact) mass is 399 g/mol. The highest BCUT2D eigenvalue weighted by Gasteiger charge is 2.35. The SMILES string of the molecule is O=C(CC1(O)CCCCC1)N1CCCC(c2ccc(C(=O)N3CCCC3)cn2)C1. The van der Waals surface area contributed by atoms with Gasteiger partial charge in [-0.2, -0.15) is 0 Å². The molecule has 3 aliphatic rings. The summed E-state index contributed by atoms with van der Waals surface area (Å²) in [7, 11) is 0. The van der Waals surface area contributed by atoms with Crippen LogP contribution in [-0.2, 0) is 4.79 Å². The molecule has 0 aromatic carbocycles. The molecule has 6 heteroatoms. The van der Waals surface area contributed by atoms with Crippen LogP contribution < -0.4 is 0 Å². The summed E-state index contributed by atoms with van der Waals surface area (Å²) in [5, 5.41) is 10.7. The van der Waals surface area contributed by atoms with E-state index in [-0.39, 0.29) is 24.2 Å². The molecule has 6 nitrogen and oxygen atoms in total. The summed E-state index contributed by atoms with van der Waals surface area (Å²) < 4.78 is 0. The Morgan fingerprint density at radius 3 is 2.41 bits per heavy atom. The second-order valence-electron chi connectivity index (χ2n) is 9.11. The molecule has 1 saturated carbocycles. The average Bonchev–Trinajstić information content (AvgIpc) is 3.28. The van der Waals surface area contributed by atoms with Gasteiger partial charge in [0.05, 0.1) is 17.6 Å². The maximum atomic E-state index is 12.8. The summed E-state index contributed by atoms with van der Waals surface area (Å²) in [6.45, 7) is 3.09. The van der Waals surface area contributed by atoms with E-state index in [0.717, 1.165) is 83.1 Å². The highest BCUT2D eigenvalue weighted by Crippen LogP contribution is 2.33. The molecule has 3 heterocycles. The fourth-order valence-corrected chi connectivity index (χ4v) is 5.10. The Balaban J connectivity index is 1.36. The first kappa shape index (κ1) is 20.3. The van der Waals surface area contributed by atoms with E-state index in [2.05, 4.69) is 4.98 Å². The lowest BCUT2D eigenvalue weighted by Crippen LogP contribution is -2.44. The van der Waals surface area contributed by atoms with E-state index in [1.54, 1.807) is 6.20 Å². The first-order valence-corrected chi connectivity index (χ1v) is 11.3. The second kappa shape index (κ2) is 8.82. The number of carbonyl (C=O) groups is 2. The zero-order valence-electron chi connectivity index (χ0n) is 17.3. The van der Waals surface area contributed by atoms with Gasteiger partial charge in [-0.25, -0.2) is 0 Å². The van der Waals surface area contributed by atoms with Crippen LogP contribution in [0.25, 0.3) is 0 Å². The number of aromatic nitrogens is 1. The van der Waals surface area contributed by atoms with Crippen molar-refractivity contribution in [3.8, 4) is 0 Å². The molecular weight excluding hydrogens is 366 g/mol. The first-order valence-electron chi connectivity index (χ1n) is 11.3. The number of hydrogen-bond donors (Lipinski definition) is 1. The van der Waals surface area contributed by atoms with Crippen LogP contribution in [0.5, 0.6) is 0 Å². The van der Waals surface area contributed by atoms with Crippen molar-refractivity contribution in [2.45, 2.75) is 75.7 Å². The summed E-state index contributed by atoms with van der Waals surface area (Å²) in [6.07, 6.45) is 10.7. The Kier molecular flexibility index (Phi) is 6.18. The minimum absolute atomic E-state index is 0.0694.